The lowest BCUT2D eigenvalue weighted by molar-refractivity contribution is -0.138. The Morgan fingerprint density at radius 3 is 2.31 bits per heavy atom. The third-order valence-electron chi connectivity index (χ3n) is 3.37. The van der Waals surface area contributed by atoms with Gasteiger partial charge in [0.25, 0.3) is 0 Å². The van der Waals surface area contributed by atoms with Gasteiger partial charge < -0.3 is 9.84 Å². The maximum Gasteiger partial charge on any atom is 0.0699 e. The van der Waals surface area contributed by atoms with Crippen LogP contribution in [0.5, 0.6) is 0 Å². The quantitative estimate of drug-likeness (QED) is 0.714. The largest absolute Gasteiger partial charge is 0.390 e. The maximum atomic E-state index is 10.1. The molecule has 0 saturated heterocycles. The van der Waals surface area contributed by atoms with Gasteiger partial charge in [-0.2, -0.15) is 0 Å². The van der Waals surface area contributed by atoms with Gasteiger partial charge in [-0.15, -0.1) is 0 Å². The fourth-order valence-electron chi connectivity index (χ4n) is 2.24. The average Bonchev–Trinajstić information content (AvgIpc) is 2.09. The second kappa shape index (κ2) is 4.43. The number of hydrogen-bond acceptors (Lipinski definition) is 2. The lowest BCUT2D eigenvalue weighted by Gasteiger charge is -2.44. The van der Waals surface area contributed by atoms with Crippen molar-refractivity contribution in [2.24, 2.45) is 5.92 Å². The zero-order chi connectivity index (χ0) is 9.90. The van der Waals surface area contributed by atoms with Crippen LogP contribution in [0.2, 0.25) is 0 Å². The average molecular weight is 186 g/mol. The molecule has 2 heteroatoms. The molecule has 0 atom stereocenters. The van der Waals surface area contributed by atoms with Crippen molar-refractivity contribution in [2.45, 2.75) is 57.7 Å². The highest BCUT2D eigenvalue weighted by atomic mass is 16.5. The van der Waals surface area contributed by atoms with Gasteiger partial charge in [-0.05, 0) is 12.3 Å². The molecule has 1 rings (SSSR count). The van der Waals surface area contributed by atoms with Crippen LogP contribution in [0, 0.1) is 5.92 Å². The van der Waals surface area contributed by atoms with E-state index < -0.39 is 5.60 Å². The van der Waals surface area contributed by atoms with Crippen molar-refractivity contribution in [1.29, 1.82) is 0 Å². The summed E-state index contributed by atoms with van der Waals surface area (Å²) in [4.78, 5) is 0. The van der Waals surface area contributed by atoms with Crippen LogP contribution in [-0.4, -0.2) is 23.9 Å². The number of ether oxygens (including phenoxy) is 1. The Labute approximate surface area is 81.3 Å². The van der Waals surface area contributed by atoms with Crippen molar-refractivity contribution in [3.05, 3.63) is 0 Å². The molecule has 78 valence electrons. The van der Waals surface area contributed by atoms with Crippen molar-refractivity contribution >= 4 is 0 Å². The second-order valence-electron chi connectivity index (χ2n) is 4.38. The molecule has 2 nitrogen and oxygen atoms in total. The van der Waals surface area contributed by atoms with Crippen LogP contribution >= 0.6 is 0 Å². The first-order valence-corrected chi connectivity index (χ1v) is 5.38. The molecule has 0 aromatic carbocycles. The third-order valence-corrected chi connectivity index (χ3v) is 3.37. The molecule has 1 saturated carbocycles. The van der Waals surface area contributed by atoms with Gasteiger partial charge in [-0.3, -0.25) is 0 Å². The molecule has 0 radical (unpaired) electrons. The number of aliphatic hydroxyl groups is 1. The van der Waals surface area contributed by atoms with Gasteiger partial charge in [0.1, 0.15) is 0 Å². The highest BCUT2D eigenvalue weighted by Crippen LogP contribution is 2.40. The van der Waals surface area contributed by atoms with Crippen molar-refractivity contribution in [2.75, 3.05) is 7.11 Å². The monoisotopic (exact) mass is 186 g/mol. The molecule has 13 heavy (non-hydrogen) atoms. The highest BCUT2D eigenvalue weighted by Gasteiger charge is 2.43. The van der Waals surface area contributed by atoms with Gasteiger partial charge in [0.2, 0.25) is 0 Å². The number of methoxy groups -OCH3 is 1. The van der Waals surface area contributed by atoms with Crippen LogP contribution in [-0.2, 0) is 4.74 Å². The van der Waals surface area contributed by atoms with E-state index in [9.17, 15) is 5.11 Å². The minimum atomic E-state index is -0.405. The van der Waals surface area contributed by atoms with Crippen molar-refractivity contribution < 1.29 is 9.84 Å². The predicted octanol–water partition coefficient (Wildman–Crippen LogP) is 2.35. The summed E-state index contributed by atoms with van der Waals surface area (Å²) in [6.45, 7) is 4.40. The van der Waals surface area contributed by atoms with Crippen LogP contribution in [0.4, 0.5) is 0 Å². The third kappa shape index (κ3) is 2.68. The molecular weight excluding hydrogens is 164 g/mol. The molecule has 1 aliphatic carbocycles. The van der Waals surface area contributed by atoms with E-state index in [1.807, 2.05) is 0 Å². The molecule has 0 aliphatic heterocycles. The summed E-state index contributed by atoms with van der Waals surface area (Å²) in [6, 6.07) is 0. The first-order chi connectivity index (χ1) is 6.13. The Kier molecular flexibility index (Phi) is 3.74. The molecule has 0 unspecified atom stereocenters. The Hall–Kier alpha value is -0.0800. The van der Waals surface area contributed by atoms with Crippen LogP contribution in [0.1, 0.15) is 46.0 Å². The Balaban J connectivity index is 2.29. The molecule has 0 aromatic rings. The Morgan fingerprint density at radius 1 is 1.38 bits per heavy atom. The summed E-state index contributed by atoms with van der Waals surface area (Å²) < 4.78 is 5.17. The fraction of sp³-hybridized carbons (Fsp3) is 1.00. The van der Waals surface area contributed by atoms with Crippen LogP contribution in [0.15, 0.2) is 0 Å². The molecule has 1 N–H and O–H groups in total. The number of hydrogen-bond donors (Lipinski definition) is 1. The summed E-state index contributed by atoms with van der Waals surface area (Å²) in [5, 5.41) is 10.1. The van der Waals surface area contributed by atoms with Gasteiger partial charge in [0, 0.05) is 20.0 Å². The van der Waals surface area contributed by atoms with Gasteiger partial charge >= 0.3 is 0 Å². The minimum Gasteiger partial charge on any atom is -0.390 e. The molecule has 0 amide bonds. The summed E-state index contributed by atoms with van der Waals surface area (Å²) >= 11 is 0. The van der Waals surface area contributed by atoms with Gasteiger partial charge in [-0.25, -0.2) is 0 Å². The van der Waals surface area contributed by atoms with E-state index >= 15 is 0 Å². The zero-order valence-corrected chi connectivity index (χ0v) is 9.05. The molecule has 0 spiro atoms. The maximum absolute atomic E-state index is 10.1. The summed E-state index contributed by atoms with van der Waals surface area (Å²) in [5.41, 5.74) is -0.405. The highest BCUT2D eigenvalue weighted by molar-refractivity contribution is 4.95. The molecule has 0 aromatic heterocycles. The van der Waals surface area contributed by atoms with Crippen molar-refractivity contribution in [3.8, 4) is 0 Å². The van der Waals surface area contributed by atoms with Crippen LogP contribution in [0.25, 0.3) is 0 Å². The predicted molar refractivity (Wildman–Crippen MR) is 53.7 cm³/mol. The van der Waals surface area contributed by atoms with E-state index in [4.69, 9.17) is 4.74 Å². The number of rotatable bonds is 5. The fourth-order valence-corrected chi connectivity index (χ4v) is 2.24. The van der Waals surface area contributed by atoms with Gasteiger partial charge in [-0.1, -0.05) is 26.7 Å². The molecule has 1 fully saturated rings. The lowest BCUT2D eigenvalue weighted by atomic mass is 9.71. The van der Waals surface area contributed by atoms with E-state index in [2.05, 4.69) is 13.8 Å². The molecule has 0 heterocycles. The van der Waals surface area contributed by atoms with E-state index in [0.29, 0.717) is 12.0 Å². The molecule has 0 bridgehead atoms. The van der Waals surface area contributed by atoms with E-state index in [1.54, 1.807) is 7.11 Å². The van der Waals surface area contributed by atoms with Crippen molar-refractivity contribution in [1.82, 2.24) is 0 Å². The van der Waals surface area contributed by atoms with Gasteiger partial charge in [0.05, 0.1) is 11.7 Å². The first-order valence-electron chi connectivity index (χ1n) is 5.38. The molecule has 1 aliphatic rings. The summed E-state index contributed by atoms with van der Waals surface area (Å²) in [5.74, 6) is 0.683. The minimum absolute atomic E-state index is 0.305. The van der Waals surface area contributed by atoms with Crippen LogP contribution < -0.4 is 0 Å². The van der Waals surface area contributed by atoms with E-state index in [0.717, 1.165) is 19.3 Å². The Morgan fingerprint density at radius 2 is 1.92 bits per heavy atom. The Bertz CT molecular complexity index is 146. The van der Waals surface area contributed by atoms with E-state index in [-0.39, 0.29) is 0 Å². The van der Waals surface area contributed by atoms with Crippen molar-refractivity contribution in [3.63, 3.8) is 0 Å². The molecular formula is C11H22O2. The normalized spacial score (nSPS) is 33.5. The lowest BCUT2D eigenvalue weighted by Crippen LogP contribution is -2.49. The van der Waals surface area contributed by atoms with E-state index in [1.165, 1.54) is 12.8 Å². The smallest absolute Gasteiger partial charge is 0.0699 e. The standard InChI is InChI=1S/C11H22O2/c1-4-9(5-2)6-11(12)7-10(8-11)13-3/h9-10,12H,4-8H2,1-3H3. The van der Waals surface area contributed by atoms with Gasteiger partial charge in [0.15, 0.2) is 0 Å². The first kappa shape index (κ1) is 11.0. The summed E-state index contributed by atoms with van der Waals surface area (Å²) in [7, 11) is 1.72. The topological polar surface area (TPSA) is 29.5 Å². The zero-order valence-electron chi connectivity index (χ0n) is 9.05. The summed E-state index contributed by atoms with van der Waals surface area (Å²) in [6.07, 6.45) is 5.28. The van der Waals surface area contributed by atoms with Crippen LogP contribution in [0.3, 0.4) is 0 Å². The second-order valence-corrected chi connectivity index (χ2v) is 4.38. The SMILES string of the molecule is CCC(CC)CC1(O)CC(OC)C1.